The number of aliphatic hydroxyl groups excluding tert-OH is 2. The number of benzene rings is 2. The van der Waals surface area contributed by atoms with Crippen molar-refractivity contribution in [3.8, 4) is 11.5 Å². The summed E-state index contributed by atoms with van der Waals surface area (Å²) in [6, 6.07) is 8.96. The van der Waals surface area contributed by atoms with Crippen LogP contribution in [0.2, 0.25) is 0 Å². The minimum Gasteiger partial charge on any atom is -0.504 e. The number of carbonyl (C=O) groups excluding carboxylic acids is 2. The van der Waals surface area contributed by atoms with Gasteiger partial charge in [-0.05, 0) is 83.2 Å². The molecule has 2 amide bonds. The molecule has 12 heteroatoms. The number of halogens is 1. The van der Waals surface area contributed by atoms with Gasteiger partial charge in [0.1, 0.15) is 0 Å². The molecule has 0 bridgehead atoms. The molecule has 1 saturated heterocycles. The molecule has 2 aromatic carbocycles. The molecule has 3 N–H and O–H groups in total. The number of non-ortho nitro benzene ring substituents is 1. The van der Waals surface area contributed by atoms with Crippen molar-refractivity contribution in [1.82, 2.24) is 0 Å². The molecule has 11 nitrogen and oxygen atoms in total. The van der Waals surface area contributed by atoms with Crippen molar-refractivity contribution in [3.05, 3.63) is 72.4 Å². The lowest BCUT2D eigenvalue weighted by Gasteiger charge is -2.36. The van der Waals surface area contributed by atoms with Gasteiger partial charge in [-0.1, -0.05) is 31.1 Å². The number of phenolic OH excluding ortho intramolecular Hbond substituents is 1. The summed E-state index contributed by atoms with van der Waals surface area (Å²) in [5.41, 5.74) is 2.96. The summed E-state index contributed by atoms with van der Waals surface area (Å²) >= 11 is 2.04. The summed E-state index contributed by atoms with van der Waals surface area (Å²) in [6.45, 7) is 1.71. The molecule has 2 aliphatic rings. The Morgan fingerprint density at radius 1 is 1.20 bits per heavy atom. The number of carbonyl (C=O) groups is 2. The predicted octanol–water partition coefficient (Wildman–Crippen LogP) is 5.00. The zero-order valence-electron chi connectivity index (χ0n) is 24.9. The number of ether oxygens (including phenoxy) is 2. The lowest BCUT2D eigenvalue weighted by Crippen LogP contribution is -2.39. The molecule has 1 aliphatic carbocycles. The molecule has 4 rings (SSSR count). The monoisotopic (exact) mass is 720 g/mol. The third kappa shape index (κ3) is 6.82. The number of anilines is 1. The Morgan fingerprint density at radius 3 is 2.59 bits per heavy atom. The SMILES string of the molecule is CCC/C(=C\c1cc(I)c(O)c(OC)c1)CC[C@@H](O)C1=C(COC)C[C@H]2C(=O)N(c3cccc([N+](=O)[O-])c3)C(=O)[C@H]2[C@H]1CO. The number of aliphatic hydroxyl groups is 2. The largest absolute Gasteiger partial charge is 0.504 e. The van der Waals surface area contributed by atoms with E-state index in [1.165, 1.54) is 38.5 Å². The topological polar surface area (TPSA) is 160 Å². The van der Waals surface area contributed by atoms with Crippen LogP contribution in [0.25, 0.3) is 6.08 Å². The van der Waals surface area contributed by atoms with Gasteiger partial charge in [0.15, 0.2) is 11.5 Å². The first-order valence-corrected chi connectivity index (χ1v) is 15.5. The van der Waals surface area contributed by atoms with Crippen molar-refractivity contribution < 1.29 is 39.3 Å². The zero-order valence-corrected chi connectivity index (χ0v) is 27.0. The smallest absolute Gasteiger partial charge is 0.271 e. The van der Waals surface area contributed by atoms with Crippen molar-refractivity contribution in [1.29, 1.82) is 0 Å². The molecule has 0 radical (unpaired) electrons. The minimum atomic E-state index is -1.01. The van der Waals surface area contributed by atoms with Crippen LogP contribution in [0.5, 0.6) is 11.5 Å². The maximum atomic E-state index is 13.7. The summed E-state index contributed by atoms with van der Waals surface area (Å²) < 4.78 is 11.4. The average Bonchev–Trinajstić information content (AvgIpc) is 3.25. The normalized spacial score (nSPS) is 21.1. The van der Waals surface area contributed by atoms with Gasteiger partial charge in [-0.15, -0.1) is 0 Å². The van der Waals surface area contributed by atoms with Crippen molar-refractivity contribution >= 4 is 51.9 Å². The Morgan fingerprint density at radius 2 is 1.95 bits per heavy atom. The van der Waals surface area contributed by atoms with Gasteiger partial charge < -0.3 is 24.8 Å². The third-order valence-electron chi connectivity index (χ3n) is 8.31. The van der Waals surface area contributed by atoms with Crippen LogP contribution in [0.15, 0.2) is 53.1 Å². The Kier molecular flexibility index (Phi) is 11.2. The first-order valence-electron chi connectivity index (χ1n) is 14.4. The van der Waals surface area contributed by atoms with Crippen molar-refractivity contribution in [2.75, 3.05) is 32.3 Å². The van der Waals surface area contributed by atoms with E-state index < -0.39 is 47.2 Å². The average molecular weight is 721 g/mol. The van der Waals surface area contributed by atoms with Gasteiger partial charge in [0.2, 0.25) is 11.8 Å². The quantitative estimate of drug-likeness (QED) is 0.0852. The van der Waals surface area contributed by atoms with E-state index in [9.17, 15) is 35.0 Å². The molecule has 2 aromatic rings. The Bertz CT molecular complexity index is 1490. The van der Waals surface area contributed by atoms with E-state index >= 15 is 0 Å². The lowest BCUT2D eigenvalue weighted by molar-refractivity contribution is -0.384. The highest BCUT2D eigenvalue weighted by atomic mass is 127. The van der Waals surface area contributed by atoms with Gasteiger partial charge >= 0.3 is 0 Å². The van der Waals surface area contributed by atoms with E-state index in [-0.39, 0.29) is 30.2 Å². The molecule has 1 heterocycles. The molecular weight excluding hydrogens is 683 g/mol. The lowest BCUT2D eigenvalue weighted by atomic mass is 9.68. The highest BCUT2D eigenvalue weighted by molar-refractivity contribution is 14.1. The van der Waals surface area contributed by atoms with Crippen LogP contribution in [0, 0.1) is 31.4 Å². The van der Waals surface area contributed by atoms with Gasteiger partial charge in [-0.3, -0.25) is 19.7 Å². The van der Waals surface area contributed by atoms with Crippen LogP contribution < -0.4 is 9.64 Å². The number of allylic oxidation sites excluding steroid dienone is 1. The van der Waals surface area contributed by atoms with E-state index in [1.54, 1.807) is 6.07 Å². The Labute approximate surface area is 269 Å². The fraction of sp³-hybridized carbons (Fsp3) is 0.438. The maximum absolute atomic E-state index is 13.7. The second kappa shape index (κ2) is 14.6. The summed E-state index contributed by atoms with van der Waals surface area (Å²) in [7, 11) is 2.99. The number of imide groups is 1. The second-order valence-electron chi connectivity index (χ2n) is 11.1. The first-order chi connectivity index (χ1) is 21.1. The number of fused-ring (bicyclic) bond motifs is 1. The van der Waals surface area contributed by atoms with Gasteiger partial charge in [0.05, 0.1) is 52.4 Å². The Balaban J connectivity index is 1.62. The van der Waals surface area contributed by atoms with Crippen LogP contribution in [-0.4, -0.2) is 65.6 Å². The van der Waals surface area contributed by atoms with E-state index in [1.807, 2.05) is 34.7 Å². The van der Waals surface area contributed by atoms with Crippen molar-refractivity contribution in [2.45, 2.75) is 45.1 Å². The number of nitrogens with zero attached hydrogens (tertiary/aromatic N) is 2. The number of aromatic hydroxyl groups is 1. The number of nitro groups is 1. The van der Waals surface area contributed by atoms with Gasteiger partial charge in [-0.2, -0.15) is 0 Å². The number of hydrogen-bond acceptors (Lipinski definition) is 9. The van der Waals surface area contributed by atoms with Crippen molar-refractivity contribution in [2.24, 2.45) is 17.8 Å². The highest BCUT2D eigenvalue weighted by Crippen LogP contribution is 2.47. The molecule has 0 aromatic heterocycles. The van der Waals surface area contributed by atoms with Gasteiger partial charge in [0, 0.05) is 25.2 Å². The minimum absolute atomic E-state index is 0.0740. The summed E-state index contributed by atoms with van der Waals surface area (Å²) in [6.07, 6.45) is 3.65. The molecule has 1 fully saturated rings. The van der Waals surface area contributed by atoms with E-state index in [2.05, 4.69) is 6.92 Å². The zero-order chi connectivity index (χ0) is 32.1. The number of phenols is 1. The third-order valence-corrected chi connectivity index (χ3v) is 9.13. The number of nitro benzene ring substituents is 1. The molecule has 0 unspecified atom stereocenters. The fourth-order valence-corrected chi connectivity index (χ4v) is 7.03. The summed E-state index contributed by atoms with van der Waals surface area (Å²) in [5.74, 6) is -3.14. The van der Waals surface area contributed by atoms with Gasteiger partial charge in [0.25, 0.3) is 5.69 Å². The van der Waals surface area contributed by atoms with Crippen LogP contribution in [0.1, 0.15) is 44.6 Å². The molecule has 44 heavy (non-hydrogen) atoms. The van der Waals surface area contributed by atoms with Crippen molar-refractivity contribution in [3.63, 3.8) is 0 Å². The standard InChI is InChI=1S/C32H37IN2O9/c1-4-6-18(11-19-12-25(33)30(38)27(13-19)44-3)9-10-26(37)28-20(17-43-2)14-23-29(24(28)16-36)32(40)34(31(23)39)21-7-5-8-22(15-21)35(41)42/h5,7-8,11-13,15,23-24,26,29,36-38H,4,6,9-10,14,16-17H2,1-3H3/b18-11+/t23-,24+,26-,29-/m1/s1. The number of rotatable bonds is 13. The van der Waals surface area contributed by atoms with E-state index in [0.29, 0.717) is 33.3 Å². The predicted molar refractivity (Wildman–Crippen MR) is 172 cm³/mol. The van der Waals surface area contributed by atoms with E-state index in [0.717, 1.165) is 28.9 Å². The number of amides is 2. The molecule has 0 saturated carbocycles. The summed E-state index contributed by atoms with van der Waals surface area (Å²) in [5, 5.41) is 43.7. The maximum Gasteiger partial charge on any atom is 0.271 e. The highest BCUT2D eigenvalue weighted by Gasteiger charge is 2.55. The molecule has 4 atom stereocenters. The van der Waals surface area contributed by atoms with Crippen LogP contribution in [0.4, 0.5) is 11.4 Å². The second-order valence-corrected chi connectivity index (χ2v) is 12.2. The first kappa shape index (κ1) is 33.6. The summed E-state index contributed by atoms with van der Waals surface area (Å²) in [4.78, 5) is 39.0. The molecule has 1 aliphatic heterocycles. The van der Waals surface area contributed by atoms with Crippen LogP contribution in [0.3, 0.4) is 0 Å². The van der Waals surface area contributed by atoms with Crippen LogP contribution in [-0.2, 0) is 14.3 Å². The number of hydrogen-bond donors (Lipinski definition) is 3. The fourth-order valence-electron chi connectivity index (χ4n) is 6.40. The molecule has 236 valence electrons. The van der Waals surface area contributed by atoms with Crippen LogP contribution >= 0.6 is 22.6 Å². The van der Waals surface area contributed by atoms with Gasteiger partial charge in [-0.25, -0.2) is 4.90 Å². The molecular formula is C32H37IN2O9. The van der Waals surface area contributed by atoms with E-state index in [4.69, 9.17) is 9.47 Å². The Hall–Kier alpha value is -3.33. The number of methoxy groups -OCH3 is 2. The molecule has 0 spiro atoms.